The first-order valence-electron chi connectivity index (χ1n) is 4.62. The van der Waals surface area contributed by atoms with E-state index < -0.39 is 0 Å². The van der Waals surface area contributed by atoms with Gasteiger partial charge in [0.25, 0.3) is 0 Å². The Hall–Kier alpha value is -0.100. The first kappa shape index (κ1) is 13.9. The van der Waals surface area contributed by atoms with E-state index in [1.807, 2.05) is 0 Å². The third-order valence-electron chi connectivity index (χ3n) is 1.55. The van der Waals surface area contributed by atoms with Crippen molar-refractivity contribution in [2.24, 2.45) is 0 Å². The van der Waals surface area contributed by atoms with Crippen molar-refractivity contribution in [3.8, 4) is 0 Å². The second-order valence-electron chi connectivity index (χ2n) is 3.00. The topological polar surface area (TPSA) is 35.5 Å². The summed E-state index contributed by atoms with van der Waals surface area (Å²) >= 11 is 2.33. The van der Waals surface area contributed by atoms with Gasteiger partial charge >= 0.3 is 5.97 Å². The highest BCUT2D eigenvalue weighted by Crippen LogP contribution is 2.04. The fourth-order valence-corrected chi connectivity index (χ4v) is 0.900. The van der Waals surface area contributed by atoms with E-state index in [0.717, 1.165) is 6.42 Å². The number of carbonyl (C=O) groups is 1. The van der Waals surface area contributed by atoms with E-state index in [4.69, 9.17) is 9.47 Å². The van der Waals surface area contributed by atoms with E-state index in [0.29, 0.717) is 29.3 Å². The van der Waals surface area contributed by atoms with Gasteiger partial charge in [0, 0.05) is 9.50 Å². The monoisotopic (exact) mass is 312 g/mol. The highest BCUT2D eigenvalue weighted by molar-refractivity contribution is 14.1. The second kappa shape index (κ2) is 8.23. The van der Waals surface area contributed by atoms with Crippen LogP contribution in [0.5, 0.6) is 0 Å². The molecular formula is C10H17IO3. The fraction of sp³-hybridized carbons (Fsp3) is 0.700. The Morgan fingerprint density at radius 3 is 2.64 bits per heavy atom. The van der Waals surface area contributed by atoms with Crippen LogP contribution in [-0.2, 0) is 14.3 Å². The number of ether oxygens (including phenoxy) is 2. The van der Waals surface area contributed by atoms with Gasteiger partial charge in [0.1, 0.15) is 6.61 Å². The maximum Gasteiger partial charge on any atom is 0.333 e. The lowest BCUT2D eigenvalue weighted by Crippen LogP contribution is -2.14. The fourth-order valence-electron chi connectivity index (χ4n) is 0.646. The molecule has 3 nitrogen and oxygen atoms in total. The molecule has 82 valence electrons. The van der Waals surface area contributed by atoms with Gasteiger partial charge in [-0.25, -0.2) is 4.79 Å². The summed E-state index contributed by atoms with van der Waals surface area (Å²) in [4.78, 5) is 10.9. The van der Waals surface area contributed by atoms with Crippen molar-refractivity contribution >= 4 is 28.6 Å². The summed E-state index contributed by atoms with van der Waals surface area (Å²) in [5.74, 6) is -0.352. The standard InChI is InChI=1S/C10H17IO3/c1-4-9(11)7-13-5-6-14-10(12)8(2)3/h9H,2,4-7H2,1,3H3. The van der Waals surface area contributed by atoms with Gasteiger partial charge in [-0.1, -0.05) is 36.1 Å². The molecule has 0 aliphatic heterocycles. The molecule has 0 fully saturated rings. The molecule has 0 saturated carbocycles. The number of esters is 1. The van der Waals surface area contributed by atoms with Crippen molar-refractivity contribution in [3.63, 3.8) is 0 Å². The third-order valence-corrected chi connectivity index (χ3v) is 2.79. The average molecular weight is 312 g/mol. The molecule has 0 aromatic rings. The number of hydrogen-bond acceptors (Lipinski definition) is 3. The Bertz CT molecular complexity index is 192. The van der Waals surface area contributed by atoms with E-state index >= 15 is 0 Å². The van der Waals surface area contributed by atoms with Crippen molar-refractivity contribution in [2.45, 2.75) is 24.2 Å². The third kappa shape index (κ3) is 7.32. The van der Waals surface area contributed by atoms with Crippen LogP contribution in [-0.4, -0.2) is 29.7 Å². The smallest absolute Gasteiger partial charge is 0.333 e. The van der Waals surface area contributed by atoms with Crippen LogP contribution < -0.4 is 0 Å². The molecule has 1 unspecified atom stereocenters. The van der Waals surface area contributed by atoms with Crippen LogP contribution in [0.3, 0.4) is 0 Å². The van der Waals surface area contributed by atoms with Crippen molar-refractivity contribution in [1.82, 2.24) is 0 Å². The van der Waals surface area contributed by atoms with Crippen LogP contribution in [0.2, 0.25) is 0 Å². The normalized spacial score (nSPS) is 12.2. The van der Waals surface area contributed by atoms with Gasteiger partial charge < -0.3 is 9.47 Å². The lowest BCUT2D eigenvalue weighted by atomic mass is 10.4. The van der Waals surface area contributed by atoms with Gasteiger partial charge in [0.2, 0.25) is 0 Å². The number of alkyl halides is 1. The molecule has 0 bridgehead atoms. The number of halogens is 1. The molecule has 0 rings (SSSR count). The first-order valence-corrected chi connectivity index (χ1v) is 5.87. The molecule has 14 heavy (non-hydrogen) atoms. The van der Waals surface area contributed by atoms with Crippen LogP contribution in [0.25, 0.3) is 0 Å². The van der Waals surface area contributed by atoms with E-state index in [-0.39, 0.29) is 5.97 Å². The number of carbonyl (C=O) groups excluding carboxylic acids is 1. The molecule has 0 aromatic carbocycles. The zero-order valence-corrected chi connectivity index (χ0v) is 10.9. The minimum Gasteiger partial charge on any atom is -0.460 e. The summed E-state index contributed by atoms with van der Waals surface area (Å²) in [6.45, 7) is 8.69. The van der Waals surface area contributed by atoms with E-state index in [1.165, 1.54) is 0 Å². The average Bonchev–Trinajstić information content (AvgIpc) is 2.16. The van der Waals surface area contributed by atoms with E-state index in [2.05, 4.69) is 36.1 Å². The highest BCUT2D eigenvalue weighted by Gasteiger charge is 2.03. The molecule has 0 N–H and O–H groups in total. The molecule has 4 heteroatoms. The van der Waals surface area contributed by atoms with Crippen molar-refractivity contribution < 1.29 is 14.3 Å². The molecule has 0 aliphatic rings. The Labute approximate surface area is 99.0 Å². The molecular weight excluding hydrogens is 295 g/mol. The molecule has 0 saturated heterocycles. The van der Waals surface area contributed by atoms with Gasteiger partial charge in [-0.15, -0.1) is 0 Å². The lowest BCUT2D eigenvalue weighted by molar-refractivity contribution is -0.140. The zero-order valence-electron chi connectivity index (χ0n) is 8.72. The summed E-state index contributed by atoms with van der Waals surface area (Å²) in [7, 11) is 0. The van der Waals surface area contributed by atoms with Crippen molar-refractivity contribution in [2.75, 3.05) is 19.8 Å². The number of rotatable bonds is 7. The first-order chi connectivity index (χ1) is 6.57. The minimum absolute atomic E-state index is 0.304. The molecule has 0 amide bonds. The predicted octanol–water partition coefficient (Wildman–Crippen LogP) is 2.34. The Morgan fingerprint density at radius 2 is 2.14 bits per heavy atom. The number of hydrogen-bond donors (Lipinski definition) is 0. The summed E-state index contributed by atoms with van der Waals surface area (Å²) in [5, 5.41) is 0. The maximum atomic E-state index is 10.9. The molecule has 0 aliphatic carbocycles. The largest absolute Gasteiger partial charge is 0.460 e. The molecule has 1 atom stereocenters. The highest BCUT2D eigenvalue weighted by atomic mass is 127. The van der Waals surface area contributed by atoms with Gasteiger partial charge in [-0.2, -0.15) is 0 Å². The summed E-state index contributed by atoms with van der Waals surface area (Å²) in [6.07, 6.45) is 1.09. The van der Waals surface area contributed by atoms with E-state index in [1.54, 1.807) is 6.92 Å². The van der Waals surface area contributed by atoms with Gasteiger partial charge in [-0.3, -0.25) is 0 Å². The Kier molecular flexibility index (Phi) is 8.17. The maximum absolute atomic E-state index is 10.9. The SMILES string of the molecule is C=C(C)C(=O)OCCOCC(I)CC. The van der Waals surface area contributed by atoms with Gasteiger partial charge in [-0.05, 0) is 13.3 Å². The van der Waals surface area contributed by atoms with Crippen molar-refractivity contribution in [3.05, 3.63) is 12.2 Å². The van der Waals surface area contributed by atoms with Gasteiger partial charge in [0.15, 0.2) is 0 Å². The lowest BCUT2D eigenvalue weighted by Gasteiger charge is -2.08. The summed E-state index contributed by atoms with van der Waals surface area (Å²) in [5.41, 5.74) is 0.422. The molecule has 0 aromatic heterocycles. The summed E-state index contributed by atoms with van der Waals surface area (Å²) in [6, 6.07) is 0. The predicted molar refractivity (Wildman–Crippen MR) is 64.7 cm³/mol. The Balaban J connectivity index is 3.30. The van der Waals surface area contributed by atoms with Crippen LogP contribution >= 0.6 is 22.6 Å². The van der Waals surface area contributed by atoms with Crippen LogP contribution in [0.15, 0.2) is 12.2 Å². The van der Waals surface area contributed by atoms with Crippen LogP contribution in [0.4, 0.5) is 0 Å². The Morgan fingerprint density at radius 1 is 1.50 bits per heavy atom. The van der Waals surface area contributed by atoms with Crippen LogP contribution in [0.1, 0.15) is 20.3 Å². The summed E-state index contributed by atoms with van der Waals surface area (Å²) < 4.78 is 10.7. The zero-order chi connectivity index (χ0) is 11.0. The molecule has 0 spiro atoms. The van der Waals surface area contributed by atoms with Crippen LogP contribution in [0, 0.1) is 0 Å². The van der Waals surface area contributed by atoms with Crippen molar-refractivity contribution in [1.29, 1.82) is 0 Å². The minimum atomic E-state index is -0.352. The second-order valence-corrected chi connectivity index (χ2v) is 4.76. The van der Waals surface area contributed by atoms with Gasteiger partial charge in [0.05, 0.1) is 13.2 Å². The van der Waals surface area contributed by atoms with E-state index in [9.17, 15) is 4.79 Å². The quantitative estimate of drug-likeness (QED) is 0.238. The molecule has 0 heterocycles. The molecule has 0 radical (unpaired) electrons.